The minimum absolute atomic E-state index is 0.0169. The van der Waals surface area contributed by atoms with Gasteiger partial charge in [0.25, 0.3) is 11.8 Å². The van der Waals surface area contributed by atoms with Crippen molar-refractivity contribution in [2.24, 2.45) is 21.5 Å². The molecule has 40 heavy (non-hydrogen) atoms. The van der Waals surface area contributed by atoms with Crippen LogP contribution < -0.4 is 32.7 Å². The Morgan fingerprint density at radius 2 is 1.00 bits per heavy atom. The molecule has 0 spiro atoms. The van der Waals surface area contributed by atoms with Crippen LogP contribution in [0.5, 0.6) is 0 Å². The molecule has 1 heterocycles. The van der Waals surface area contributed by atoms with Gasteiger partial charge in [-0.1, -0.05) is 13.8 Å². The van der Waals surface area contributed by atoms with Gasteiger partial charge in [-0.05, 0) is 67.5 Å². The van der Waals surface area contributed by atoms with Crippen molar-refractivity contribution in [3.8, 4) is 0 Å². The van der Waals surface area contributed by atoms with E-state index in [1.807, 2.05) is 13.8 Å². The fourth-order valence-corrected chi connectivity index (χ4v) is 3.95. The van der Waals surface area contributed by atoms with E-state index >= 15 is 0 Å². The van der Waals surface area contributed by atoms with Gasteiger partial charge in [0.05, 0.1) is 0 Å². The van der Waals surface area contributed by atoms with Gasteiger partial charge in [-0.15, -0.1) is 0 Å². The number of primary amides is 2. The topological polar surface area (TPSA) is 212 Å². The van der Waals surface area contributed by atoms with E-state index in [0.29, 0.717) is 25.9 Å². The van der Waals surface area contributed by atoms with Gasteiger partial charge < -0.3 is 31.6 Å². The molecule has 0 aromatic heterocycles. The number of hydrogen-bond acceptors (Lipinski definition) is 10. The molecule has 1 rings (SSSR count). The average molecular weight is 569 g/mol. The SMILES string of the molecule is CCCNC1(CCNC(=O)OC(C)(C)C)N=C(C(N)=O)C(CCNC(=O)OC(C)(C)C)(NCCC)N=C1C(N)=O. The molecular weight excluding hydrogens is 520 g/mol. The fourth-order valence-electron chi connectivity index (χ4n) is 3.95. The van der Waals surface area contributed by atoms with Gasteiger partial charge in [0.2, 0.25) is 0 Å². The van der Waals surface area contributed by atoms with Crippen LogP contribution in [0.15, 0.2) is 9.98 Å². The van der Waals surface area contributed by atoms with Gasteiger partial charge in [-0.3, -0.25) is 30.2 Å². The summed E-state index contributed by atoms with van der Waals surface area (Å²) < 4.78 is 10.6. The second-order valence-corrected chi connectivity index (χ2v) is 11.6. The highest BCUT2D eigenvalue weighted by Gasteiger charge is 2.50. The van der Waals surface area contributed by atoms with E-state index in [0.717, 1.165) is 0 Å². The first-order chi connectivity index (χ1) is 18.4. The number of carbonyl (C=O) groups is 4. The summed E-state index contributed by atoms with van der Waals surface area (Å²) in [4.78, 5) is 59.5. The summed E-state index contributed by atoms with van der Waals surface area (Å²) in [6.45, 7) is 15.1. The standard InChI is InChI=1S/C26H48N8O6/c1-9-13-31-25(11-15-29-21(37)39-23(3,4)5)17(19(27)35)34-26(32-14-10-2,18(33-25)20(28)36)12-16-30-22(38)40-24(6,7)8/h31-32H,9-16H2,1-8H3,(H2,27,35)(H2,28,36)(H,29,37)(H,30,38). The second-order valence-electron chi connectivity index (χ2n) is 11.6. The number of amides is 4. The van der Waals surface area contributed by atoms with Crippen LogP contribution in [0.3, 0.4) is 0 Å². The van der Waals surface area contributed by atoms with Crippen molar-refractivity contribution in [2.45, 2.75) is 104 Å². The highest BCUT2D eigenvalue weighted by atomic mass is 16.6. The minimum atomic E-state index is -1.54. The number of hydrogen-bond donors (Lipinski definition) is 6. The number of nitrogens with two attached hydrogens (primary N) is 2. The zero-order chi connectivity index (χ0) is 30.8. The number of nitrogens with one attached hydrogen (secondary N) is 4. The molecule has 1 aliphatic heterocycles. The Morgan fingerprint density at radius 3 is 1.25 bits per heavy atom. The highest BCUT2D eigenvalue weighted by molar-refractivity contribution is 6.48. The van der Waals surface area contributed by atoms with E-state index in [-0.39, 0.29) is 37.4 Å². The molecule has 0 bridgehead atoms. The van der Waals surface area contributed by atoms with Crippen molar-refractivity contribution in [1.82, 2.24) is 21.3 Å². The molecule has 1 aliphatic rings. The van der Waals surface area contributed by atoms with Gasteiger partial charge in [-0.2, -0.15) is 0 Å². The minimum Gasteiger partial charge on any atom is -0.444 e. The Kier molecular flexibility index (Phi) is 12.5. The number of carbonyl (C=O) groups excluding carboxylic acids is 4. The summed E-state index contributed by atoms with van der Waals surface area (Å²) in [6.07, 6.45) is 0.0486. The summed E-state index contributed by atoms with van der Waals surface area (Å²) >= 11 is 0. The molecule has 2 unspecified atom stereocenters. The first-order valence-electron chi connectivity index (χ1n) is 13.6. The second kappa shape index (κ2) is 14.4. The summed E-state index contributed by atoms with van der Waals surface area (Å²) in [6, 6.07) is 0. The Hall–Kier alpha value is -3.26. The fraction of sp³-hybridized carbons (Fsp3) is 0.769. The lowest BCUT2D eigenvalue weighted by Crippen LogP contribution is -2.67. The normalized spacial score (nSPS) is 21.1. The molecule has 0 radical (unpaired) electrons. The Balaban J connectivity index is 3.48. The van der Waals surface area contributed by atoms with Crippen LogP contribution in [0.25, 0.3) is 0 Å². The largest absolute Gasteiger partial charge is 0.444 e. The number of aliphatic imine (C=N–C) groups is 2. The lowest BCUT2D eigenvalue weighted by molar-refractivity contribution is -0.113. The Morgan fingerprint density at radius 1 is 0.675 bits per heavy atom. The first-order valence-corrected chi connectivity index (χ1v) is 13.6. The summed E-state index contributed by atoms with van der Waals surface area (Å²) in [5, 5.41) is 11.6. The van der Waals surface area contributed by atoms with Gasteiger partial charge >= 0.3 is 12.2 Å². The third-order valence-electron chi connectivity index (χ3n) is 5.50. The maximum atomic E-state index is 12.8. The third-order valence-corrected chi connectivity index (χ3v) is 5.50. The van der Waals surface area contributed by atoms with Crippen LogP contribution in [0.1, 0.15) is 81.1 Å². The van der Waals surface area contributed by atoms with Gasteiger partial charge in [0.15, 0.2) is 11.3 Å². The first kappa shape index (κ1) is 34.8. The molecule has 4 amide bonds. The van der Waals surface area contributed by atoms with Crippen LogP contribution in [0.2, 0.25) is 0 Å². The molecule has 0 saturated heterocycles. The quantitative estimate of drug-likeness (QED) is 0.178. The van der Waals surface area contributed by atoms with E-state index < -0.39 is 46.5 Å². The number of nitrogens with zero attached hydrogens (tertiary/aromatic N) is 2. The van der Waals surface area contributed by atoms with E-state index in [9.17, 15) is 19.2 Å². The molecule has 0 aromatic carbocycles. The molecular formula is C26H48N8O6. The third kappa shape index (κ3) is 10.7. The van der Waals surface area contributed by atoms with Crippen molar-refractivity contribution in [3.05, 3.63) is 0 Å². The predicted molar refractivity (Wildman–Crippen MR) is 153 cm³/mol. The molecule has 2 atom stereocenters. The van der Waals surface area contributed by atoms with Gasteiger partial charge in [0, 0.05) is 25.9 Å². The van der Waals surface area contributed by atoms with E-state index in [2.05, 4.69) is 31.3 Å². The molecule has 14 heteroatoms. The number of ether oxygens (including phenoxy) is 2. The summed E-state index contributed by atoms with van der Waals surface area (Å²) in [5.74, 6) is -1.73. The lowest BCUT2D eigenvalue weighted by atomic mass is 9.89. The van der Waals surface area contributed by atoms with Crippen LogP contribution >= 0.6 is 0 Å². The summed E-state index contributed by atoms with van der Waals surface area (Å²) in [5.41, 5.74) is 6.86. The number of rotatable bonds is 14. The van der Waals surface area contributed by atoms with Crippen LogP contribution in [0.4, 0.5) is 9.59 Å². The van der Waals surface area contributed by atoms with E-state index in [1.165, 1.54) is 0 Å². The van der Waals surface area contributed by atoms with E-state index in [1.54, 1.807) is 41.5 Å². The molecule has 0 fully saturated rings. The number of alkyl carbamates (subject to hydrolysis) is 2. The summed E-state index contributed by atoms with van der Waals surface area (Å²) in [7, 11) is 0. The molecule has 0 aliphatic carbocycles. The van der Waals surface area contributed by atoms with Crippen molar-refractivity contribution in [3.63, 3.8) is 0 Å². The molecule has 8 N–H and O–H groups in total. The molecule has 0 aromatic rings. The van der Waals surface area contributed by atoms with Crippen LogP contribution in [0, 0.1) is 0 Å². The Labute approximate surface area is 236 Å². The van der Waals surface area contributed by atoms with Crippen LogP contribution in [-0.4, -0.2) is 84.1 Å². The van der Waals surface area contributed by atoms with Crippen molar-refractivity contribution in [1.29, 1.82) is 0 Å². The predicted octanol–water partition coefficient (Wildman–Crippen LogP) is 1.07. The Bertz CT molecular complexity index is 907. The zero-order valence-corrected chi connectivity index (χ0v) is 25.2. The van der Waals surface area contributed by atoms with Crippen LogP contribution in [-0.2, 0) is 19.1 Å². The maximum Gasteiger partial charge on any atom is 0.407 e. The molecule has 14 nitrogen and oxygen atoms in total. The van der Waals surface area contributed by atoms with Crippen molar-refractivity contribution >= 4 is 35.4 Å². The monoisotopic (exact) mass is 568 g/mol. The van der Waals surface area contributed by atoms with Crippen molar-refractivity contribution in [2.75, 3.05) is 26.2 Å². The van der Waals surface area contributed by atoms with Crippen molar-refractivity contribution < 1.29 is 28.7 Å². The van der Waals surface area contributed by atoms with Gasteiger partial charge in [0.1, 0.15) is 22.6 Å². The van der Waals surface area contributed by atoms with E-state index in [4.69, 9.17) is 20.9 Å². The molecule has 0 saturated carbocycles. The smallest absolute Gasteiger partial charge is 0.407 e. The maximum absolute atomic E-state index is 12.8. The molecule has 228 valence electrons. The zero-order valence-electron chi connectivity index (χ0n) is 25.2. The highest BCUT2D eigenvalue weighted by Crippen LogP contribution is 2.29. The van der Waals surface area contributed by atoms with Gasteiger partial charge in [-0.25, -0.2) is 9.59 Å². The lowest BCUT2D eigenvalue weighted by Gasteiger charge is -2.42. The average Bonchev–Trinajstić information content (AvgIpc) is 2.79.